The van der Waals surface area contributed by atoms with E-state index in [9.17, 15) is 14.4 Å². The van der Waals surface area contributed by atoms with E-state index < -0.39 is 17.8 Å². The minimum absolute atomic E-state index is 0.0609. The summed E-state index contributed by atoms with van der Waals surface area (Å²) in [4.78, 5) is 37.9. The Kier molecular flexibility index (Phi) is 7.10. The number of esters is 1. The lowest BCUT2D eigenvalue weighted by Crippen LogP contribution is -2.35. The predicted octanol–water partition coefficient (Wildman–Crippen LogP) is 4.43. The van der Waals surface area contributed by atoms with Gasteiger partial charge in [0.1, 0.15) is 5.78 Å². The maximum Gasteiger partial charge on any atom is 0.308 e. The Morgan fingerprint density at radius 1 is 1.06 bits per heavy atom. The average Bonchev–Trinajstić information content (AvgIpc) is 3.04. The van der Waals surface area contributed by atoms with Crippen LogP contribution in [0.1, 0.15) is 56.2 Å². The maximum atomic E-state index is 13.5. The lowest BCUT2D eigenvalue weighted by Gasteiger charge is -2.23. The summed E-state index contributed by atoms with van der Waals surface area (Å²) in [6, 6.07) is 13.8. The van der Waals surface area contributed by atoms with Gasteiger partial charge in [0.2, 0.25) is 0 Å². The predicted molar refractivity (Wildman–Crippen MR) is 121 cm³/mol. The number of hydrazine groups is 1. The summed E-state index contributed by atoms with van der Waals surface area (Å²) in [5.41, 5.74) is 8.03. The summed E-state index contributed by atoms with van der Waals surface area (Å²) in [6.07, 6.45) is 1.73. The number of hydrogen-bond donors (Lipinski definition) is 1. The quantitative estimate of drug-likeness (QED) is 0.605. The van der Waals surface area contributed by atoms with Crippen LogP contribution in [-0.4, -0.2) is 24.8 Å². The number of benzene rings is 2. The van der Waals surface area contributed by atoms with Crippen molar-refractivity contribution in [2.24, 2.45) is 5.92 Å². The average molecular weight is 423 g/mol. The Morgan fingerprint density at radius 2 is 1.74 bits per heavy atom. The molecular weight excluding hydrogens is 392 g/mol. The number of fused-ring (bicyclic) bond motifs is 1. The first-order valence-electron chi connectivity index (χ1n) is 10.8. The molecule has 0 saturated heterocycles. The number of nitrogens with one attached hydrogen (secondary N) is 1. The van der Waals surface area contributed by atoms with Crippen molar-refractivity contribution in [2.45, 2.75) is 52.4 Å². The fourth-order valence-electron chi connectivity index (χ4n) is 4.15. The maximum absolute atomic E-state index is 13.5. The summed E-state index contributed by atoms with van der Waals surface area (Å²) >= 11 is 0. The lowest BCUT2D eigenvalue weighted by atomic mass is 9.91. The van der Waals surface area contributed by atoms with Gasteiger partial charge in [-0.05, 0) is 35.6 Å². The van der Waals surface area contributed by atoms with E-state index in [-0.39, 0.29) is 24.5 Å². The van der Waals surface area contributed by atoms with Gasteiger partial charge in [-0.1, -0.05) is 57.2 Å². The number of amides is 1. The molecule has 0 radical (unpaired) electrons. The molecule has 0 aromatic heterocycles. The molecule has 0 bridgehead atoms. The van der Waals surface area contributed by atoms with E-state index in [1.165, 1.54) is 7.11 Å². The van der Waals surface area contributed by atoms with Crippen molar-refractivity contribution >= 4 is 29.0 Å². The number of nitrogens with zero attached hydrogens (tertiary/aromatic N) is 1. The van der Waals surface area contributed by atoms with E-state index in [1.807, 2.05) is 42.5 Å². The zero-order valence-electron chi connectivity index (χ0n) is 18.6. The van der Waals surface area contributed by atoms with E-state index in [4.69, 9.17) is 4.74 Å². The van der Waals surface area contributed by atoms with Crippen LogP contribution < -0.4 is 10.4 Å². The molecule has 1 aliphatic heterocycles. The monoisotopic (exact) mass is 422 g/mol. The fraction of sp³-hybridized carbons (Fsp3) is 0.400. The number of anilines is 2. The smallest absolute Gasteiger partial charge is 0.308 e. The van der Waals surface area contributed by atoms with E-state index >= 15 is 0 Å². The number of ketones is 1. The highest BCUT2D eigenvalue weighted by Gasteiger charge is 2.40. The molecule has 0 saturated carbocycles. The Balaban J connectivity index is 1.91. The number of carbonyl (C=O) groups is 3. The number of aryl methyl sites for hydroxylation is 2. The molecule has 2 aromatic carbocycles. The normalized spacial score (nSPS) is 16.1. The van der Waals surface area contributed by atoms with Crippen LogP contribution in [0.2, 0.25) is 0 Å². The molecule has 0 fully saturated rings. The second-order valence-corrected chi connectivity index (χ2v) is 7.93. The highest BCUT2D eigenvalue weighted by molar-refractivity contribution is 6.09. The van der Waals surface area contributed by atoms with Gasteiger partial charge in [0, 0.05) is 12.8 Å². The van der Waals surface area contributed by atoms with E-state index in [2.05, 4.69) is 19.3 Å². The fourth-order valence-corrected chi connectivity index (χ4v) is 4.15. The number of Topliss-reactive ketones (excluding diaryl/α,β-unsaturated/α-hetero) is 1. The first-order valence-corrected chi connectivity index (χ1v) is 10.8. The van der Waals surface area contributed by atoms with E-state index in [1.54, 1.807) is 11.9 Å². The Labute approximate surface area is 183 Å². The van der Waals surface area contributed by atoms with Crippen LogP contribution in [0.4, 0.5) is 11.4 Å². The van der Waals surface area contributed by atoms with Gasteiger partial charge < -0.3 is 4.74 Å². The molecule has 6 nitrogen and oxygen atoms in total. The first kappa shape index (κ1) is 22.5. The van der Waals surface area contributed by atoms with Gasteiger partial charge in [0.15, 0.2) is 0 Å². The number of hydrogen-bond acceptors (Lipinski definition) is 5. The topological polar surface area (TPSA) is 75.7 Å². The molecule has 3 rings (SSSR count). The minimum Gasteiger partial charge on any atom is -0.469 e. The summed E-state index contributed by atoms with van der Waals surface area (Å²) in [6.45, 7) is 5.79. The largest absolute Gasteiger partial charge is 0.469 e. The second-order valence-electron chi connectivity index (χ2n) is 7.93. The van der Waals surface area contributed by atoms with Crippen molar-refractivity contribution in [1.82, 2.24) is 0 Å². The molecule has 1 aliphatic rings. The summed E-state index contributed by atoms with van der Waals surface area (Å²) in [7, 11) is 1.31. The zero-order chi connectivity index (χ0) is 22.5. The molecule has 31 heavy (non-hydrogen) atoms. The van der Waals surface area contributed by atoms with Crippen molar-refractivity contribution in [3.05, 3.63) is 59.2 Å². The van der Waals surface area contributed by atoms with Gasteiger partial charge in [-0.25, -0.2) is 5.01 Å². The van der Waals surface area contributed by atoms with Crippen molar-refractivity contribution in [2.75, 3.05) is 17.5 Å². The van der Waals surface area contributed by atoms with Crippen molar-refractivity contribution in [1.29, 1.82) is 0 Å². The number of ether oxygens (including phenoxy) is 1. The summed E-state index contributed by atoms with van der Waals surface area (Å²) in [5.74, 6) is -1.79. The standard InChI is InChI=1S/C25H30N2O4/c1-5-17-10-7-8-13-22(17)26-27-23-18(6-2)11-9-12-20(23)21(24(27)29)15-19(28)14-16(3)25(30)31-4/h7-13,16,21,26H,5-6,14-15H2,1-4H3/t16-,21?/m1/s1. The summed E-state index contributed by atoms with van der Waals surface area (Å²) in [5, 5.41) is 1.60. The minimum atomic E-state index is -0.569. The lowest BCUT2D eigenvalue weighted by molar-refractivity contribution is -0.146. The molecular formula is C25H30N2O4. The van der Waals surface area contributed by atoms with Crippen LogP contribution in [0.5, 0.6) is 0 Å². The van der Waals surface area contributed by atoms with Crippen molar-refractivity contribution in [3.63, 3.8) is 0 Å². The van der Waals surface area contributed by atoms with E-state index in [0.717, 1.165) is 40.9 Å². The van der Waals surface area contributed by atoms with Crippen LogP contribution >= 0.6 is 0 Å². The van der Waals surface area contributed by atoms with E-state index in [0.29, 0.717) is 0 Å². The summed E-state index contributed by atoms with van der Waals surface area (Å²) < 4.78 is 4.72. The third kappa shape index (κ3) is 4.63. The molecule has 1 heterocycles. The van der Waals surface area contributed by atoms with Crippen molar-refractivity contribution < 1.29 is 19.1 Å². The highest BCUT2D eigenvalue weighted by Crippen LogP contribution is 2.42. The third-order valence-corrected chi connectivity index (χ3v) is 5.85. The van der Waals surface area contributed by atoms with Crippen LogP contribution in [0.3, 0.4) is 0 Å². The van der Waals surface area contributed by atoms with Gasteiger partial charge in [0.05, 0.1) is 30.3 Å². The molecule has 164 valence electrons. The Bertz CT molecular complexity index is 985. The Hall–Kier alpha value is -3.15. The zero-order valence-corrected chi connectivity index (χ0v) is 18.6. The van der Waals surface area contributed by atoms with Crippen LogP contribution in [-0.2, 0) is 32.0 Å². The van der Waals surface area contributed by atoms with Crippen LogP contribution in [0.15, 0.2) is 42.5 Å². The SMILES string of the molecule is CCc1ccccc1NN1C(=O)C(CC(=O)C[C@@H](C)C(=O)OC)c2cccc(CC)c21. The molecule has 2 atom stereocenters. The van der Waals surface area contributed by atoms with Crippen LogP contribution in [0, 0.1) is 5.92 Å². The molecule has 1 unspecified atom stereocenters. The number of rotatable bonds is 9. The van der Waals surface area contributed by atoms with Gasteiger partial charge in [-0.2, -0.15) is 0 Å². The molecule has 2 aromatic rings. The number of carbonyl (C=O) groups excluding carboxylic acids is 3. The molecule has 0 aliphatic carbocycles. The van der Waals surface area contributed by atoms with Gasteiger partial charge >= 0.3 is 5.97 Å². The molecule has 6 heteroatoms. The molecule has 1 N–H and O–H groups in total. The van der Waals surface area contributed by atoms with Crippen molar-refractivity contribution in [3.8, 4) is 0 Å². The third-order valence-electron chi connectivity index (χ3n) is 5.85. The van der Waals surface area contributed by atoms with Gasteiger partial charge in [0.25, 0.3) is 5.91 Å². The van der Waals surface area contributed by atoms with Crippen LogP contribution in [0.25, 0.3) is 0 Å². The molecule has 0 spiro atoms. The number of para-hydroxylation sites is 2. The highest BCUT2D eigenvalue weighted by atomic mass is 16.5. The van der Waals surface area contributed by atoms with Gasteiger partial charge in [-0.3, -0.25) is 19.8 Å². The number of methoxy groups -OCH3 is 1. The molecule has 1 amide bonds. The Morgan fingerprint density at radius 3 is 2.42 bits per heavy atom. The first-order chi connectivity index (χ1) is 14.9. The van der Waals surface area contributed by atoms with Gasteiger partial charge in [-0.15, -0.1) is 0 Å². The second kappa shape index (κ2) is 9.77.